The molecule has 6 aromatic rings. The minimum atomic E-state index is -0.0397. The number of hydrogen-bond acceptors (Lipinski definition) is 9. The van der Waals surface area contributed by atoms with Crippen molar-refractivity contribution in [2.45, 2.75) is 138 Å². The van der Waals surface area contributed by atoms with Gasteiger partial charge in [0.1, 0.15) is 11.3 Å². The molecular weight excluding hydrogens is 600 g/mol. The summed E-state index contributed by atoms with van der Waals surface area (Å²) in [5, 5.41) is 28.6. The van der Waals surface area contributed by atoms with Crippen molar-refractivity contribution in [1.29, 1.82) is 0 Å². The van der Waals surface area contributed by atoms with Crippen LogP contribution < -0.4 is 0 Å². The summed E-state index contributed by atoms with van der Waals surface area (Å²) >= 11 is 0. The second-order valence-corrected chi connectivity index (χ2v) is 16.4. The van der Waals surface area contributed by atoms with Crippen LogP contribution in [-0.4, -0.2) is 59.6 Å². The van der Waals surface area contributed by atoms with Crippen molar-refractivity contribution in [2.24, 2.45) is 0 Å². The summed E-state index contributed by atoms with van der Waals surface area (Å²) in [4.78, 5) is 13.4. The molecule has 1 N–H and O–H groups in total. The molecule has 258 valence electrons. The molecule has 12 nitrogen and oxygen atoms in total. The Kier molecular flexibility index (Phi) is 10.4. The van der Waals surface area contributed by atoms with E-state index in [-0.39, 0.29) is 16.2 Å². The van der Waals surface area contributed by atoms with Crippen molar-refractivity contribution < 1.29 is 0 Å². The van der Waals surface area contributed by atoms with Gasteiger partial charge in [-0.3, -0.25) is 14.5 Å². The molecular formula is C36H54N12. The van der Waals surface area contributed by atoms with E-state index in [9.17, 15) is 0 Å². The van der Waals surface area contributed by atoms with Gasteiger partial charge in [-0.05, 0) is 29.9 Å². The number of nitrogens with one attached hydrogen (secondary N) is 1. The van der Waals surface area contributed by atoms with Crippen molar-refractivity contribution in [3.63, 3.8) is 0 Å². The lowest BCUT2D eigenvalue weighted by Crippen LogP contribution is -2.17. The molecule has 0 aromatic carbocycles. The Morgan fingerprint density at radius 2 is 1.19 bits per heavy atom. The Balaban J connectivity index is 0.000000163. The van der Waals surface area contributed by atoms with Gasteiger partial charge in [-0.25, -0.2) is 9.97 Å². The zero-order valence-electron chi connectivity index (χ0n) is 31.5. The summed E-state index contributed by atoms with van der Waals surface area (Å²) in [6.07, 6.45) is 5.64. The first-order chi connectivity index (χ1) is 22.2. The highest BCUT2D eigenvalue weighted by Crippen LogP contribution is 2.27. The van der Waals surface area contributed by atoms with Crippen LogP contribution >= 0.6 is 0 Å². The highest BCUT2D eigenvalue weighted by atomic mass is 15.4. The molecule has 12 heteroatoms. The van der Waals surface area contributed by atoms with Gasteiger partial charge in [-0.1, -0.05) is 104 Å². The van der Waals surface area contributed by atoms with Crippen LogP contribution in [0.2, 0.25) is 0 Å². The number of H-pyrrole nitrogens is 1. The van der Waals surface area contributed by atoms with E-state index in [4.69, 9.17) is 0 Å². The minimum absolute atomic E-state index is 0.00494. The molecule has 0 spiro atoms. The fourth-order valence-electron chi connectivity index (χ4n) is 4.81. The van der Waals surface area contributed by atoms with Crippen molar-refractivity contribution in [1.82, 2.24) is 59.6 Å². The summed E-state index contributed by atoms with van der Waals surface area (Å²) in [5.41, 5.74) is 7.40. The molecule has 0 amide bonds. The summed E-state index contributed by atoms with van der Waals surface area (Å²) in [6, 6.07) is 3.99. The third-order valence-corrected chi connectivity index (χ3v) is 7.74. The van der Waals surface area contributed by atoms with Gasteiger partial charge < -0.3 is 0 Å². The number of hydrogen-bond donors (Lipinski definition) is 1. The van der Waals surface area contributed by atoms with Crippen LogP contribution in [0, 0.1) is 0 Å². The summed E-state index contributed by atoms with van der Waals surface area (Å²) in [6.45, 7) is 32.0. The van der Waals surface area contributed by atoms with Gasteiger partial charge in [-0.15, -0.1) is 20.4 Å². The topological polar surface area (TPSA) is 141 Å². The Morgan fingerprint density at radius 3 is 1.75 bits per heavy atom. The fraction of sp³-hybridized carbons (Fsp3) is 0.583. The number of fused-ring (bicyclic) bond motifs is 3. The quantitative estimate of drug-likeness (QED) is 0.202. The lowest BCUT2D eigenvalue weighted by molar-refractivity contribution is 0.523. The van der Waals surface area contributed by atoms with E-state index in [1.165, 1.54) is 0 Å². The molecule has 0 saturated carbocycles. The zero-order chi connectivity index (χ0) is 35.8. The van der Waals surface area contributed by atoms with Gasteiger partial charge in [0.15, 0.2) is 22.8 Å². The van der Waals surface area contributed by atoms with Crippen LogP contribution in [0.5, 0.6) is 0 Å². The van der Waals surface area contributed by atoms with Crippen molar-refractivity contribution in [3.05, 3.63) is 65.1 Å². The highest BCUT2D eigenvalue weighted by molar-refractivity contribution is 5.73. The van der Waals surface area contributed by atoms with Gasteiger partial charge in [-0.2, -0.15) is 14.7 Å². The number of aromatic nitrogens is 12. The average Bonchev–Trinajstić information content (AvgIpc) is 3.72. The number of rotatable bonds is 3. The van der Waals surface area contributed by atoms with E-state index in [1.807, 2.05) is 27.2 Å². The average molecular weight is 655 g/mol. The van der Waals surface area contributed by atoms with Crippen LogP contribution in [0.15, 0.2) is 30.7 Å². The standard InChI is InChI=1S/3C12H18N4/c1-8(2)9-7-16-10(6-13-9)14-15-11(16)12(3,4)5;1-8(2)9-6-7-10-13-14-11(12(3,4)5)16(10)15-9;1-7(2)8-6-13-11-9(14-8)10(15-16-11)12(3,4)5/h2*6-8H,1-5H3;6-7H,1-5H3,(H,13,15,16). The third-order valence-electron chi connectivity index (χ3n) is 7.74. The Morgan fingerprint density at radius 1 is 0.604 bits per heavy atom. The van der Waals surface area contributed by atoms with Crippen molar-refractivity contribution in [3.8, 4) is 0 Å². The van der Waals surface area contributed by atoms with E-state index in [0.29, 0.717) is 23.4 Å². The molecule has 0 saturated heterocycles. The second kappa shape index (κ2) is 13.6. The normalized spacial score (nSPS) is 12.6. The van der Waals surface area contributed by atoms with Crippen LogP contribution in [0.4, 0.5) is 0 Å². The van der Waals surface area contributed by atoms with Gasteiger partial charge in [0.2, 0.25) is 0 Å². The number of aromatic amines is 1. The molecule has 6 rings (SSSR count). The Labute approximate surface area is 284 Å². The first-order valence-electron chi connectivity index (χ1n) is 16.8. The van der Waals surface area contributed by atoms with Gasteiger partial charge in [0.25, 0.3) is 0 Å². The predicted molar refractivity (Wildman–Crippen MR) is 192 cm³/mol. The molecule has 0 aliphatic carbocycles. The van der Waals surface area contributed by atoms with Gasteiger partial charge in [0, 0.05) is 22.4 Å². The maximum absolute atomic E-state index is 4.64. The fourth-order valence-corrected chi connectivity index (χ4v) is 4.81. The summed E-state index contributed by atoms with van der Waals surface area (Å²) < 4.78 is 3.90. The smallest absolute Gasteiger partial charge is 0.199 e. The van der Waals surface area contributed by atoms with Crippen LogP contribution in [-0.2, 0) is 16.2 Å². The first kappa shape index (κ1) is 36.5. The van der Waals surface area contributed by atoms with Crippen LogP contribution in [0.3, 0.4) is 0 Å². The molecule has 6 heterocycles. The number of nitrogens with zero attached hydrogens (tertiary/aromatic N) is 11. The SMILES string of the molecule is CC(C)c1ccc2nnc(C(C)(C)C)n2n1.CC(C)c1cn2c(C(C)(C)C)nnc2cn1.CC(C)c1cnc2n[nH]c(C(C)(C)C)c2n1. The molecule has 0 aliphatic rings. The highest BCUT2D eigenvalue weighted by Gasteiger charge is 2.24. The lowest BCUT2D eigenvalue weighted by Gasteiger charge is -2.16. The molecule has 0 bridgehead atoms. The molecule has 0 unspecified atom stereocenters. The second-order valence-electron chi connectivity index (χ2n) is 16.4. The van der Waals surface area contributed by atoms with Gasteiger partial charge >= 0.3 is 0 Å². The monoisotopic (exact) mass is 654 g/mol. The van der Waals surface area contributed by atoms with E-state index < -0.39 is 0 Å². The predicted octanol–water partition coefficient (Wildman–Crippen LogP) is 7.86. The van der Waals surface area contributed by atoms with Crippen molar-refractivity contribution >= 4 is 22.5 Å². The van der Waals surface area contributed by atoms with E-state index in [1.54, 1.807) is 12.4 Å². The zero-order valence-corrected chi connectivity index (χ0v) is 31.5. The van der Waals surface area contributed by atoms with E-state index in [0.717, 1.165) is 51.2 Å². The van der Waals surface area contributed by atoms with Gasteiger partial charge in [0.05, 0.1) is 35.2 Å². The molecule has 6 aromatic heterocycles. The molecule has 48 heavy (non-hydrogen) atoms. The summed E-state index contributed by atoms with van der Waals surface area (Å²) in [5.74, 6) is 3.11. The Bertz CT molecular complexity index is 1740. The molecule has 0 aliphatic heterocycles. The summed E-state index contributed by atoms with van der Waals surface area (Å²) in [7, 11) is 0. The van der Waals surface area contributed by atoms with Crippen LogP contribution in [0.1, 0.15) is 156 Å². The lowest BCUT2D eigenvalue weighted by atomic mass is 9.92. The largest absolute Gasteiger partial charge is 0.283 e. The Hall–Kier alpha value is -4.35. The first-order valence-corrected chi connectivity index (χ1v) is 16.8. The van der Waals surface area contributed by atoms with Crippen molar-refractivity contribution in [2.75, 3.05) is 0 Å². The maximum Gasteiger partial charge on any atom is 0.199 e. The maximum atomic E-state index is 4.64. The van der Waals surface area contributed by atoms with E-state index in [2.05, 4.69) is 154 Å². The molecule has 0 radical (unpaired) electrons. The minimum Gasteiger partial charge on any atom is -0.283 e. The third kappa shape index (κ3) is 8.19. The molecule has 0 atom stereocenters. The molecule has 0 fully saturated rings. The van der Waals surface area contributed by atoms with E-state index >= 15 is 0 Å². The van der Waals surface area contributed by atoms with Crippen LogP contribution in [0.25, 0.3) is 22.5 Å².